The summed E-state index contributed by atoms with van der Waals surface area (Å²) in [5.41, 5.74) is 0.955. The summed E-state index contributed by atoms with van der Waals surface area (Å²) >= 11 is 5.82. The number of aliphatic carboxylic acids is 1. The van der Waals surface area contributed by atoms with Gasteiger partial charge in [-0.3, -0.25) is 19.5 Å². The molecule has 0 aliphatic carbocycles. The molecule has 0 radical (unpaired) electrons. The summed E-state index contributed by atoms with van der Waals surface area (Å²) in [7, 11) is 0. The van der Waals surface area contributed by atoms with Crippen LogP contribution in [0.15, 0.2) is 59.4 Å². The number of H-pyrrole nitrogens is 1. The molecule has 0 saturated heterocycles. The van der Waals surface area contributed by atoms with Gasteiger partial charge in [-0.05, 0) is 43.3 Å². The second kappa shape index (κ2) is 7.63. The number of aromatic amines is 1. The number of para-hydroxylation sites is 1. The second-order valence-corrected chi connectivity index (χ2v) is 6.59. The van der Waals surface area contributed by atoms with Crippen molar-refractivity contribution in [3.63, 3.8) is 0 Å². The van der Waals surface area contributed by atoms with Gasteiger partial charge >= 0.3 is 5.97 Å². The fraction of sp³-hybridized carbons (Fsp3) is 0.150. The Morgan fingerprint density at radius 1 is 1.11 bits per heavy atom. The summed E-state index contributed by atoms with van der Waals surface area (Å²) < 4.78 is 1.29. The Kier molecular flexibility index (Phi) is 5.28. The lowest BCUT2D eigenvalue weighted by Crippen LogP contribution is -2.25. The third-order valence-electron chi connectivity index (χ3n) is 4.33. The average Bonchev–Trinajstić information content (AvgIpc) is 2.95. The molecular formula is C20H17ClN2O4. The quantitative estimate of drug-likeness (QED) is 0.635. The molecule has 7 heteroatoms. The number of hydrogen-bond acceptors (Lipinski definition) is 3. The van der Waals surface area contributed by atoms with Gasteiger partial charge < -0.3 is 5.11 Å². The lowest BCUT2D eigenvalue weighted by Gasteiger charge is -2.10. The van der Waals surface area contributed by atoms with Crippen LogP contribution in [0.1, 0.15) is 34.0 Å². The molecule has 0 amide bonds. The Morgan fingerprint density at radius 3 is 2.33 bits per heavy atom. The van der Waals surface area contributed by atoms with E-state index >= 15 is 0 Å². The molecule has 0 aliphatic rings. The summed E-state index contributed by atoms with van der Waals surface area (Å²) in [6.45, 7) is 1.62. The zero-order valence-electron chi connectivity index (χ0n) is 14.5. The van der Waals surface area contributed by atoms with E-state index in [-0.39, 0.29) is 17.8 Å². The molecule has 138 valence electrons. The van der Waals surface area contributed by atoms with Crippen molar-refractivity contribution in [2.24, 2.45) is 0 Å². The van der Waals surface area contributed by atoms with E-state index in [1.165, 1.54) is 16.8 Å². The van der Waals surface area contributed by atoms with Crippen molar-refractivity contribution in [1.82, 2.24) is 9.78 Å². The SMILES string of the molecule is Cc1[nH]n(-c2ccccc2)c(=O)c1C(CC(=O)c1ccc(Cl)cc1)C(=O)O. The van der Waals surface area contributed by atoms with E-state index in [4.69, 9.17) is 11.6 Å². The molecular weight excluding hydrogens is 368 g/mol. The Balaban J connectivity index is 1.97. The van der Waals surface area contributed by atoms with Gasteiger partial charge in [0.1, 0.15) is 0 Å². The molecule has 0 aliphatic heterocycles. The number of rotatable bonds is 6. The minimum atomic E-state index is -1.25. The van der Waals surface area contributed by atoms with Crippen LogP contribution in [0.25, 0.3) is 5.69 Å². The molecule has 1 heterocycles. The molecule has 0 saturated carbocycles. The predicted octanol–water partition coefficient (Wildman–Crippen LogP) is 3.57. The standard InChI is InChI=1S/C20H17ClN2O4/c1-12-18(19(25)23(22-12)15-5-3-2-4-6-15)16(20(26)27)11-17(24)13-7-9-14(21)10-8-13/h2-10,16,22H,11H2,1H3,(H,26,27). The first kappa shape index (κ1) is 18.7. The second-order valence-electron chi connectivity index (χ2n) is 6.15. The Morgan fingerprint density at radius 2 is 1.74 bits per heavy atom. The molecule has 3 rings (SSSR count). The number of halogens is 1. The van der Waals surface area contributed by atoms with Crippen LogP contribution in [-0.2, 0) is 4.79 Å². The van der Waals surface area contributed by atoms with Gasteiger partial charge in [0.2, 0.25) is 0 Å². The molecule has 3 aromatic rings. The fourth-order valence-corrected chi connectivity index (χ4v) is 3.11. The molecule has 0 fully saturated rings. The van der Waals surface area contributed by atoms with Crippen LogP contribution in [0.4, 0.5) is 0 Å². The Hall–Kier alpha value is -3.12. The van der Waals surface area contributed by atoms with Crippen LogP contribution in [-0.4, -0.2) is 26.6 Å². The Bertz CT molecular complexity index is 1040. The number of aryl methyl sites for hydroxylation is 1. The number of carboxylic acids is 1. The Labute approximate surface area is 160 Å². The summed E-state index contributed by atoms with van der Waals surface area (Å²) in [5, 5.41) is 13.0. The smallest absolute Gasteiger partial charge is 0.311 e. The average molecular weight is 385 g/mol. The zero-order valence-corrected chi connectivity index (χ0v) is 15.2. The van der Waals surface area contributed by atoms with Crippen LogP contribution >= 0.6 is 11.6 Å². The number of aromatic nitrogens is 2. The number of carboxylic acid groups (broad SMARTS) is 1. The van der Waals surface area contributed by atoms with Crippen LogP contribution in [0.2, 0.25) is 5.02 Å². The summed E-state index contributed by atoms with van der Waals surface area (Å²) in [6, 6.07) is 15.0. The van der Waals surface area contributed by atoms with E-state index in [0.717, 1.165) is 0 Å². The van der Waals surface area contributed by atoms with E-state index in [1.54, 1.807) is 43.3 Å². The van der Waals surface area contributed by atoms with Crippen molar-refractivity contribution in [2.45, 2.75) is 19.3 Å². The maximum absolute atomic E-state index is 12.8. The molecule has 1 unspecified atom stereocenters. The minimum Gasteiger partial charge on any atom is -0.481 e. The van der Waals surface area contributed by atoms with E-state index in [9.17, 15) is 19.5 Å². The highest BCUT2D eigenvalue weighted by Gasteiger charge is 2.30. The van der Waals surface area contributed by atoms with Crippen molar-refractivity contribution in [2.75, 3.05) is 0 Å². The normalized spacial score (nSPS) is 11.9. The van der Waals surface area contributed by atoms with Gasteiger partial charge in [-0.25, -0.2) is 4.68 Å². The van der Waals surface area contributed by atoms with Crippen LogP contribution in [0.5, 0.6) is 0 Å². The van der Waals surface area contributed by atoms with Gasteiger partial charge in [0.25, 0.3) is 5.56 Å². The number of nitrogens with zero attached hydrogens (tertiary/aromatic N) is 1. The molecule has 6 nitrogen and oxygen atoms in total. The molecule has 1 aromatic heterocycles. The molecule has 2 N–H and O–H groups in total. The van der Waals surface area contributed by atoms with E-state index < -0.39 is 17.4 Å². The number of carbonyl (C=O) groups is 2. The molecule has 1 atom stereocenters. The number of benzene rings is 2. The molecule has 2 aromatic carbocycles. The zero-order chi connectivity index (χ0) is 19.6. The predicted molar refractivity (Wildman–Crippen MR) is 102 cm³/mol. The van der Waals surface area contributed by atoms with Gasteiger partial charge in [0.05, 0.1) is 17.2 Å². The molecule has 0 spiro atoms. The number of Topliss-reactive ketones (excluding diaryl/α,β-unsaturated/α-hetero) is 1. The minimum absolute atomic E-state index is 0.0775. The van der Waals surface area contributed by atoms with Crippen LogP contribution in [0, 0.1) is 6.92 Å². The number of ketones is 1. The first-order valence-corrected chi connectivity index (χ1v) is 8.64. The monoisotopic (exact) mass is 384 g/mol. The van der Waals surface area contributed by atoms with Crippen molar-refractivity contribution in [1.29, 1.82) is 0 Å². The molecule has 27 heavy (non-hydrogen) atoms. The van der Waals surface area contributed by atoms with Crippen LogP contribution < -0.4 is 5.56 Å². The lowest BCUT2D eigenvalue weighted by atomic mass is 9.92. The van der Waals surface area contributed by atoms with Gasteiger partial charge in [-0.2, -0.15) is 0 Å². The van der Waals surface area contributed by atoms with Gasteiger partial charge in [0, 0.05) is 22.7 Å². The van der Waals surface area contributed by atoms with Gasteiger partial charge in [-0.15, -0.1) is 0 Å². The fourth-order valence-electron chi connectivity index (χ4n) is 2.98. The van der Waals surface area contributed by atoms with Crippen LogP contribution in [0.3, 0.4) is 0 Å². The number of carbonyl (C=O) groups excluding carboxylic acids is 1. The lowest BCUT2D eigenvalue weighted by molar-refractivity contribution is -0.138. The number of hydrogen-bond donors (Lipinski definition) is 2. The van der Waals surface area contributed by atoms with E-state index in [0.29, 0.717) is 22.0 Å². The maximum atomic E-state index is 12.8. The van der Waals surface area contributed by atoms with Crippen molar-refractivity contribution < 1.29 is 14.7 Å². The topological polar surface area (TPSA) is 92.2 Å². The highest BCUT2D eigenvalue weighted by atomic mass is 35.5. The highest BCUT2D eigenvalue weighted by Crippen LogP contribution is 2.23. The highest BCUT2D eigenvalue weighted by molar-refractivity contribution is 6.30. The van der Waals surface area contributed by atoms with E-state index in [1.807, 2.05) is 6.07 Å². The van der Waals surface area contributed by atoms with Crippen molar-refractivity contribution >= 4 is 23.4 Å². The first-order chi connectivity index (χ1) is 12.9. The number of nitrogens with one attached hydrogen (secondary N) is 1. The summed E-state index contributed by atoms with van der Waals surface area (Å²) in [5.74, 6) is -2.84. The third kappa shape index (κ3) is 3.85. The third-order valence-corrected chi connectivity index (χ3v) is 4.59. The maximum Gasteiger partial charge on any atom is 0.311 e. The summed E-state index contributed by atoms with van der Waals surface area (Å²) in [6.07, 6.45) is -0.320. The summed E-state index contributed by atoms with van der Waals surface area (Å²) in [4.78, 5) is 37.2. The van der Waals surface area contributed by atoms with Crippen molar-refractivity contribution in [3.8, 4) is 5.69 Å². The first-order valence-electron chi connectivity index (χ1n) is 8.27. The van der Waals surface area contributed by atoms with E-state index in [2.05, 4.69) is 5.10 Å². The van der Waals surface area contributed by atoms with Gasteiger partial charge in [-0.1, -0.05) is 29.8 Å². The van der Waals surface area contributed by atoms with Crippen molar-refractivity contribution in [3.05, 3.63) is 86.8 Å². The largest absolute Gasteiger partial charge is 0.481 e. The van der Waals surface area contributed by atoms with Gasteiger partial charge in [0.15, 0.2) is 5.78 Å². The molecule has 0 bridgehead atoms.